The highest BCUT2D eigenvalue weighted by molar-refractivity contribution is 5.58. The zero-order valence-electron chi connectivity index (χ0n) is 16.0. The Balaban J connectivity index is 3.20. The van der Waals surface area contributed by atoms with Crippen molar-refractivity contribution in [3.8, 4) is 6.07 Å². The van der Waals surface area contributed by atoms with Gasteiger partial charge in [0, 0.05) is 36.0 Å². The van der Waals surface area contributed by atoms with Crippen LogP contribution in [0.4, 0.5) is 10.1 Å². The van der Waals surface area contributed by atoms with Crippen LogP contribution in [0, 0.1) is 28.5 Å². The van der Waals surface area contributed by atoms with Crippen LogP contribution in [0.25, 0.3) is 0 Å². The van der Waals surface area contributed by atoms with Crippen molar-refractivity contribution in [1.82, 2.24) is 0 Å². The molecule has 1 aromatic rings. The molecule has 0 aromatic heterocycles. The molecule has 136 valence electrons. The Morgan fingerprint density at radius 1 is 1.28 bits per heavy atom. The fraction of sp³-hybridized carbons (Fsp3) is 0.476. The fourth-order valence-corrected chi connectivity index (χ4v) is 2.58. The molecular weight excluding hydrogens is 315 g/mol. The number of hydrogen-bond acceptors (Lipinski definition) is 3. The predicted molar refractivity (Wildman–Crippen MR) is 101 cm³/mol. The zero-order valence-corrected chi connectivity index (χ0v) is 16.0. The molecule has 1 rings (SSSR count). The molecule has 0 aliphatic carbocycles. The summed E-state index contributed by atoms with van der Waals surface area (Å²) in [6.45, 7) is 16.5. The van der Waals surface area contributed by atoms with E-state index in [-0.39, 0.29) is 17.8 Å². The minimum Gasteiger partial charge on any atom is -0.381 e. The first-order chi connectivity index (χ1) is 11.6. The second-order valence-corrected chi connectivity index (χ2v) is 7.17. The summed E-state index contributed by atoms with van der Waals surface area (Å²) in [7, 11) is 1.69. The van der Waals surface area contributed by atoms with Gasteiger partial charge in [-0.15, -0.1) is 0 Å². The average molecular weight is 344 g/mol. The lowest BCUT2D eigenvalue weighted by Crippen LogP contribution is -2.32. The first-order valence-electron chi connectivity index (χ1n) is 8.46. The maximum atomic E-state index is 13.3. The third-order valence-corrected chi connectivity index (χ3v) is 4.70. The number of ether oxygens (including phenoxy) is 1. The first-order valence-corrected chi connectivity index (χ1v) is 8.46. The Bertz CT molecular complexity index is 643. The van der Waals surface area contributed by atoms with Gasteiger partial charge in [-0.1, -0.05) is 33.9 Å². The lowest BCUT2D eigenvalue weighted by Gasteiger charge is -2.38. The normalized spacial score (nSPS) is 13.6. The van der Waals surface area contributed by atoms with Crippen LogP contribution in [0.1, 0.15) is 40.5 Å². The number of rotatable bonds is 9. The second-order valence-electron chi connectivity index (χ2n) is 7.17. The summed E-state index contributed by atoms with van der Waals surface area (Å²) >= 11 is 0. The van der Waals surface area contributed by atoms with Crippen LogP contribution in [-0.2, 0) is 4.74 Å². The molecule has 3 nitrogen and oxygen atoms in total. The van der Waals surface area contributed by atoms with Crippen LogP contribution in [0.2, 0.25) is 0 Å². The van der Waals surface area contributed by atoms with Crippen LogP contribution >= 0.6 is 0 Å². The van der Waals surface area contributed by atoms with Crippen LogP contribution in [0.5, 0.6) is 0 Å². The van der Waals surface area contributed by atoms with Crippen molar-refractivity contribution >= 4 is 5.69 Å². The summed E-state index contributed by atoms with van der Waals surface area (Å²) in [5.41, 5.74) is 1.98. The molecule has 0 bridgehead atoms. The molecule has 1 unspecified atom stereocenters. The van der Waals surface area contributed by atoms with Gasteiger partial charge < -0.3 is 9.64 Å². The highest BCUT2D eigenvalue weighted by atomic mass is 19.1. The number of allylic oxidation sites excluding steroid dienone is 2. The van der Waals surface area contributed by atoms with Crippen LogP contribution in [-0.4, -0.2) is 13.2 Å². The summed E-state index contributed by atoms with van der Waals surface area (Å²) in [6, 6.07) is 8.46. The molecule has 0 aliphatic rings. The second kappa shape index (κ2) is 8.82. The summed E-state index contributed by atoms with van der Waals surface area (Å²) < 4.78 is 18.8. The SMILES string of the molecule is C=C(C[C@@H](C)C(C)OC)N(C(=C)C(C)(C)CC#N)c1ccc(F)cc1. The van der Waals surface area contributed by atoms with Crippen LogP contribution in [0.15, 0.2) is 48.8 Å². The number of methoxy groups -OCH3 is 1. The van der Waals surface area contributed by atoms with E-state index in [0.717, 1.165) is 17.1 Å². The van der Waals surface area contributed by atoms with Gasteiger partial charge in [0.05, 0.1) is 12.2 Å². The number of hydrogen-bond donors (Lipinski definition) is 0. The topological polar surface area (TPSA) is 36.3 Å². The summed E-state index contributed by atoms with van der Waals surface area (Å²) in [6.07, 6.45) is 1.13. The maximum absolute atomic E-state index is 13.3. The number of halogens is 1. The van der Waals surface area contributed by atoms with Gasteiger partial charge in [-0.3, -0.25) is 0 Å². The van der Waals surface area contributed by atoms with Gasteiger partial charge in [0.15, 0.2) is 0 Å². The van der Waals surface area contributed by atoms with E-state index in [1.807, 2.05) is 25.7 Å². The summed E-state index contributed by atoms with van der Waals surface area (Å²) in [5, 5.41) is 9.13. The van der Waals surface area contributed by atoms with Crippen LogP contribution in [0.3, 0.4) is 0 Å². The molecule has 0 heterocycles. The molecule has 0 spiro atoms. The lowest BCUT2D eigenvalue weighted by atomic mass is 9.85. The smallest absolute Gasteiger partial charge is 0.123 e. The molecule has 0 N–H and O–H groups in total. The number of nitriles is 1. The van der Waals surface area contributed by atoms with Crippen molar-refractivity contribution in [2.75, 3.05) is 12.0 Å². The predicted octanol–water partition coefficient (Wildman–Crippen LogP) is 5.66. The molecule has 2 atom stereocenters. The van der Waals surface area contributed by atoms with Crippen LogP contribution < -0.4 is 4.90 Å². The largest absolute Gasteiger partial charge is 0.381 e. The molecule has 0 saturated heterocycles. The molecule has 4 heteroatoms. The molecular formula is C21H29FN2O. The molecule has 0 amide bonds. The minimum atomic E-state index is -0.428. The third kappa shape index (κ3) is 5.44. The van der Waals surface area contributed by atoms with Gasteiger partial charge in [-0.2, -0.15) is 5.26 Å². The van der Waals surface area contributed by atoms with Gasteiger partial charge in [0.25, 0.3) is 0 Å². The Hall–Kier alpha value is -2.12. The van der Waals surface area contributed by atoms with Crippen molar-refractivity contribution in [2.45, 2.75) is 46.6 Å². The van der Waals surface area contributed by atoms with Gasteiger partial charge in [-0.25, -0.2) is 4.39 Å². The average Bonchev–Trinajstić information content (AvgIpc) is 2.55. The van der Waals surface area contributed by atoms with E-state index >= 15 is 0 Å². The Labute approximate surface area is 151 Å². The van der Waals surface area contributed by atoms with Crippen molar-refractivity contribution in [2.24, 2.45) is 11.3 Å². The van der Waals surface area contributed by atoms with Gasteiger partial charge in [0.2, 0.25) is 0 Å². The lowest BCUT2D eigenvalue weighted by molar-refractivity contribution is 0.0736. The molecule has 0 saturated carbocycles. The van der Waals surface area contributed by atoms with Gasteiger partial charge >= 0.3 is 0 Å². The van der Waals surface area contributed by atoms with E-state index in [1.165, 1.54) is 12.1 Å². The molecule has 0 radical (unpaired) electrons. The van der Waals surface area contributed by atoms with E-state index < -0.39 is 5.41 Å². The van der Waals surface area contributed by atoms with E-state index in [2.05, 4.69) is 26.2 Å². The molecule has 0 fully saturated rings. The van der Waals surface area contributed by atoms with Crippen molar-refractivity contribution in [3.05, 3.63) is 54.6 Å². The van der Waals surface area contributed by atoms with E-state index in [4.69, 9.17) is 10.00 Å². The van der Waals surface area contributed by atoms with Crippen molar-refractivity contribution < 1.29 is 9.13 Å². The summed E-state index contributed by atoms with van der Waals surface area (Å²) in [4.78, 5) is 1.94. The van der Waals surface area contributed by atoms with Crippen molar-refractivity contribution in [3.63, 3.8) is 0 Å². The maximum Gasteiger partial charge on any atom is 0.123 e. The fourth-order valence-electron chi connectivity index (χ4n) is 2.58. The first kappa shape index (κ1) is 20.9. The number of anilines is 1. The van der Waals surface area contributed by atoms with Crippen molar-refractivity contribution in [1.29, 1.82) is 5.26 Å². The Morgan fingerprint density at radius 2 is 1.84 bits per heavy atom. The standard InChI is InChI=1S/C21H29FN2O/c1-15(17(3)25-7)14-16(2)24(18(4)21(5,6)12-13-23)20-10-8-19(22)9-11-20/h8-11,15,17H,2,4,12,14H2,1,3,5-7H3/t15-,17?/m1/s1. The number of nitrogens with zero attached hydrogens (tertiary/aromatic N) is 2. The molecule has 25 heavy (non-hydrogen) atoms. The Kier molecular flexibility index (Phi) is 7.38. The third-order valence-electron chi connectivity index (χ3n) is 4.70. The monoisotopic (exact) mass is 344 g/mol. The zero-order chi connectivity index (χ0) is 19.2. The Morgan fingerprint density at radius 3 is 2.32 bits per heavy atom. The van der Waals surface area contributed by atoms with E-state index in [0.29, 0.717) is 12.8 Å². The summed E-state index contributed by atoms with van der Waals surface area (Å²) in [5.74, 6) is -0.0371. The van der Waals surface area contributed by atoms with E-state index in [1.54, 1.807) is 19.2 Å². The highest BCUT2D eigenvalue weighted by Crippen LogP contribution is 2.38. The van der Waals surface area contributed by atoms with E-state index in [9.17, 15) is 4.39 Å². The molecule has 0 aliphatic heterocycles. The minimum absolute atomic E-state index is 0.0900. The highest BCUT2D eigenvalue weighted by Gasteiger charge is 2.29. The van der Waals surface area contributed by atoms with Gasteiger partial charge in [0.1, 0.15) is 5.82 Å². The molecule has 1 aromatic carbocycles. The number of benzene rings is 1. The quantitative estimate of drug-likeness (QED) is 0.580. The van der Waals surface area contributed by atoms with Gasteiger partial charge in [-0.05, 0) is 43.5 Å².